The number of ether oxygens (including phenoxy) is 2. The van der Waals surface area contributed by atoms with Crippen LogP contribution in [0.25, 0.3) is 11.1 Å². The summed E-state index contributed by atoms with van der Waals surface area (Å²) in [5, 5.41) is 12.1. The van der Waals surface area contributed by atoms with Crippen LogP contribution in [0.2, 0.25) is 0 Å². The number of nitrogens with one attached hydrogen (secondary N) is 1. The third-order valence-electron chi connectivity index (χ3n) is 5.99. The minimum absolute atomic E-state index is 0.0351. The number of alkyl carbamates (subject to hydrolysis) is 1. The zero-order valence-corrected chi connectivity index (χ0v) is 17.1. The van der Waals surface area contributed by atoms with E-state index in [2.05, 4.69) is 29.6 Å². The summed E-state index contributed by atoms with van der Waals surface area (Å²) in [6.07, 6.45) is 1.46. The molecule has 1 amide bonds. The van der Waals surface area contributed by atoms with Crippen molar-refractivity contribution < 1.29 is 24.2 Å². The number of benzene rings is 2. The predicted octanol–water partition coefficient (Wildman–Crippen LogP) is 4.33. The molecule has 0 bridgehead atoms. The van der Waals surface area contributed by atoms with Gasteiger partial charge in [-0.15, -0.1) is 0 Å². The highest BCUT2D eigenvalue weighted by atomic mass is 16.5. The van der Waals surface area contributed by atoms with Crippen molar-refractivity contribution >= 4 is 12.1 Å². The van der Waals surface area contributed by atoms with E-state index in [0.29, 0.717) is 13.0 Å². The van der Waals surface area contributed by atoms with Gasteiger partial charge in [-0.2, -0.15) is 0 Å². The lowest BCUT2D eigenvalue weighted by atomic mass is 9.90. The van der Waals surface area contributed by atoms with Crippen LogP contribution >= 0.6 is 0 Å². The molecule has 0 radical (unpaired) electrons. The van der Waals surface area contributed by atoms with Gasteiger partial charge in [-0.1, -0.05) is 48.5 Å². The van der Waals surface area contributed by atoms with Crippen molar-refractivity contribution in [2.24, 2.45) is 0 Å². The van der Waals surface area contributed by atoms with E-state index in [9.17, 15) is 14.7 Å². The molecule has 1 fully saturated rings. The molecule has 6 heteroatoms. The van der Waals surface area contributed by atoms with Crippen LogP contribution in [0, 0.1) is 0 Å². The van der Waals surface area contributed by atoms with Crippen LogP contribution in [0.4, 0.5) is 4.79 Å². The summed E-state index contributed by atoms with van der Waals surface area (Å²) in [5.74, 6) is -0.999. The van der Waals surface area contributed by atoms with Crippen molar-refractivity contribution in [3.63, 3.8) is 0 Å². The van der Waals surface area contributed by atoms with Gasteiger partial charge in [-0.05, 0) is 48.4 Å². The highest BCUT2D eigenvalue weighted by Gasteiger charge is 2.35. The zero-order valence-electron chi connectivity index (χ0n) is 17.1. The summed E-state index contributed by atoms with van der Waals surface area (Å²) in [6, 6.07) is 16.3. The molecule has 2 aromatic carbocycles. The molecule has 4 rings (SSSR count). The molecule has 158 valence electrons. The van der Waals surface area contributed by atoms with Crippen LogP contribution in [0.5, 0.6) is 0 Å². The van der Waals surface area contributed by atoms with Crippen LogP contribution in [0.15, 0.2) is 48.5 Å². The average Bonchev–Trinajstić information content (AvgIpc) is 3.31. The van der Waals surface area contributed by atoms with E-state index in [1.165, 1.54) is 0 Å². The molecule has 2 N–H and O–H groups in total. The Morgan fingerprint density at radius 3 is 2.33 bits per heavy atom. The van der Waals surface area contributed by atoms with E-state index >= 15 is 0 Å². The lowest BCUT2D eigenvalue weighted by Gasteiger charge is -2.31. The van der Waals surface area contributed by atoms with Gasteiger partial charge in [0.05, 0.1) is 18.1 Å². The molecular weight excluding hydrogens is 382 g/mol. The molecule has 2 aromatic rings. The third-order valence-corrected chi connectivity index (χ3v) is 5.99. The first-order valence-electron chi connectivity index (χ1n) is 10.4. The number of fused-ring (bicyclic) bond motifs is 3. The molecule has 1 aliphatic carbocycles. The first kappa shape index (κ1) is 20.4. The highest BCUT2D eigenvalue weighted by Crippen LogP contribution is 2.44. The van der Waals surface area contributed by atoms with Gasteiger partial charge < -0.3 is 19.9 Å². The molecular formula is C24H27NO5. The minimum Gasteiger partial charge on any atom is -0.481 e. The molecule has 2 atom stereocenters. The Labute approximate surface area is 176 Å². The Bertz CT molecular complexity index is 891. The molecule has 1 heterocycles. The van der Waals surface area contributed by atoms with Gasteiger partial charge in [-0.25, -0.2) is 4.79 Å². The van der Waals surface area contributed by atoms with Crippen molar-refractivity contribution in [1.29, 1.82) is 0 Å². The Kier molecular flexibility index (Phi) is 5.77. The summed E-state index contributed by atoms with van der Waals surface area (Å²) < 4.78 is 11.2. The van der Waals surface area contributed by atoms with E-state index < -0.39 is 17.6 Å². The maximum atomic E-state index is 12.6. The number of carbonyl (C=O) groups excluding carboxylic acids is 1. The van der Waals surface area contributed by atoms with E-state index in [4.69, 9.17) is 9.47 Å². The number of hydrogen-bond donors (Lipinski definition) is 2. The normalized spacial score (nSPS) is 19.6. The summed E-state index contributed by atoms with van der Waals surface area (Å²) in [7, 11) is 0. The Balaban J connectivity index is 1.44. The molecule has 6 nitrogen and oxygen atoms in total. The smallest absolute Gasteiger partial charge is 0.407 e. The first-order valence-corrected chi connectivity index (χ1v) is 10.4. The summed E-state index contributed by atoms with van der Waals surface area (Å²) in [4.78, 5) is 24.0. The Morgan fingerprint density at radius 1 is 1.13 bits per heavy atom. The average molecular weight is 409 g/mol. The topological polar surface area (TPSA) is 84.9 Å². The number of hydrogen-bond acceptors (Lipinski definition) is 4. The van der Waals surface area contributed by atoms with Gasteiger partial charge in [-0.3, -0.25) is 4.79 Å². The second kappa shape index (κ2) is 8.48. The number of amides is 1. The fourth-order valence-corrected chi connectivity index (χ4v) is 4.69. The quantitative estimate of drug-likeness (QED) is 0.711. The highest BCUT2D eigenvalue weighted by molar-refractivity contribution is 5.79. The summed E-state index contributed by atoms with van der Waals surface area (Å²) in [5.41, 5.74) is 3.68. The van der Waals surface area contributed by atoms with Crippen molar-refractivity contribution in [3.05, 3.63) is 59.7 Å². The van der Waals surface area contributed by atoms with E-state index in [1.54, 1.807) is 6.92 Å². The van der Waals surface area contributed by atoms with Crippen molar-refractivity contribution in [2.75, 3.05) is 13.2 Å². The second-order valence-corrected chi connectivity index (χ2v) is 8.42. The molecule has 2 unspecified atom stereocenters. The van der Waals surface area contributed by atoms with Gasteiger partial charge in [0.2, 0.25) is 0 Å². The van der Waals surface area contributed by atoms with Gasteiger partial charge >= 0.3 is 12.1 Å². The molecule has 30 heavy (non-hydrogen) atoms. The number of carboxylic acid groups (broad SMARTS) is 1. The first-order chi connectivity index (χ1) is 14.5. The van der Waals surface area contributed by atoms with E-state index in [-0.39, 0.29) is 25.0 Å². The summed E-state index contributed by atoms with van der Waals surface area (Å²) in [6.45, 7) is 2.62. The molecule has 0 spiro atoms. The van der Waals surface area contributed by atoms with E-state index in [1.807, 2.05) is 24.3 Å². The van der Waals surface area contributed by atoms with E-state index in [0.717, 1.165) is 35.1 Å². The SMILES string of the molecule is CC(CC(=O)O)(CC1CCCO1)NC(=O)OCC1c2ccccc2-c2ccccc21. The van der Waals surface area contributed by atoms with Crippen molar-refractivity contribution in [3.8, 4) is 11.1 Å². The lowest BCUT2D eigenvalue weighted by Crippen LogP contribution is -2.49. The molecule has 2 aliphatic rings. The molecule has 1 saturated heterocycles. The maximum Gasteiger partial charge on any atom is 0.407 e. The second-order valence-electron chi connectivity index (χ2n) is 8.42. The van der Waals surface area contributed by atoms with Crippen molar-refractivity contribution in [1.82, 2.24) is 5.32 Å². The fourth-order valence-electron chi connectivity index (χ4n) is 4.69. The largest absolute Gasteiger partial charge is 0.481 e. The number of carboxylic acids is 1. The lowest BCUT2D eigenvalue weighted by molar-refractivity contribution is -0.138. The number of carbonyl (C=O) groups is 2. The zero-order chi connectivity index (χ0) is 21.1. The van der Waals surface area contributed by atoms with Crippen LogP contribution < -0.4 is 5.32 Å². The van der Waals surface area contributed by atoms with Gasteiger partial charge in [0.15, 0.2) is 0 Å². The number of rotatable bonds is 7. The Morgan fingerprint density at radius 2 is 1.77 bits per heavy atom. The number of aliphatic carboxylic acids is 1. The molecule has 0 saturated carbocycles. The summed E-state index contributed by atoms with van der Waals surface area (Å²) >= 11 is 0. The molecule has 1 aliphatic heterocycles. The van der Waals surface area contributed by atoms with Crippen molar-refractivity contribution in [2.45, 2.75) is 50.2 Å². The standard InChI is InChI=1S/C24H27NO5/c1-24(14-22(26)27,13-16-7-6-12-29-16)25-23(28)30-15-21-19-10-4-2-8-17(19)18-9-3-5-11-20(18)21/h2-5,8-11,16,21H,6-7,12-15H2,1H3,(H,25,28)(H,26,27). The van der Waals surface area contributed by atoms with Gasteiger partial charge in [0.25, 0.3) is 0 Å². The monoisotopic (exact) mass is 409 g/mol. The van der Waals surface area contributed by atoms with Crippen LogP contribution in [-0.2, 0) is 14.3 Å². The van der Waals surface area contributed by atoms with Gasteiger partial charge in [0, 0.05) is 12.5 Å². The Hall–Kier alpha value is -2.86. The maximum absolute atomic E-state index is 12.6. The predicted molar refractivity (Wildman–Crippen MR) is 112 cm³/mol. The van der Waals surface area contributed by atoms with Crippen LogP contribution in [0.1, 0.15) is 49.7 Å². The third kappa shape index (κ3) is 4.33. The fraction of sp³-hybridized carbons (Fsp3) is 0.417. The molecule has 0 aromatic heterocycles. The van der Waals surface area contributed by atoms with Crippen LogP contribution in [-0.4, -0.2) is 42.0 Å². The minimum atomic E-state index is -0.963. The van der Waals surface area contributed by atoms with Crippen LogP contribution in [0.3, 0.4) is 0 Å². The van der Waals surface area contributed by atoms with Gasteiger partial charge in [0.1, 0.15) is 6.61 Å².